The van der Waals surface area contributed by atoms with Gasteiger partial charge in [-0.1, -0.05) is 0 Å². The van der Waals surface area contributed by atoms with Crippen LogP contribution in [0, 0.1) is 6.92 Å². The van der Waals surface area contributed by atoms with Crippen LogP contribution in [-0.2, 0) is 5.79 Å². The lowest BCUT2D eigenvalue weighted by molar-refractivity contribution is -0.189. The van der Waals surface area contributed by atoms with Crippen LogP contribution in [0.3, 0.4) is 0 Å². The summed E-state index contributed by atoms with van der Waals surface area (Å²) in [6, 6.07) is 0.561. The van der Waals surface area contributed by atoms with E-state index in [0.717, 1.165) is 5.56 Å². The summed E-state index contributed by atoms with van der Waals surface area (Å²) in [5.74, 6) is -2.13. The number of aryl methyl sites for hydroxylation is 1. The number of thiophene rings is 1. The Morgan fingerprint density at radius 3 is 2.62 bits per heavy atom. The molecule has 0 amide bonds. The van der Waals surface area contributed by atoms with Gasteiger partial charge in [-0.3, -0.25) is 0 Å². The smallest absolute Gasteiger partial charge is 0.217 e. The van der Waals surface area contributed by atoms with Gasteiger partial charge >= 0.3 is 0 Å². The second kappa shape index (κ2) is 3.73. The molecule has 0 aliphatic heterocycles. The Balaban J connectivity index is 2.92. The molecule has 0 aromatic carbocycles. The molecule has 4 nitrogen and oxygen atoms in total. The summed E-state index contributed by atoms with van der Waals surface area (Å²) in [7, 11) is 0. The molecule has 0 spiro atoms. The Morgan fingerprint density at radius 1 is 1.62 bits per heavy atom. The maximum Gasteiger partial charge on any atom is 0.217 e. The summed E-state index contributed by atoms with van der Waals surface area (Å²) >= 11 is 1.21. The number of hydrogen-bond acceptors (Lipinski definition) is 5. The average molecular weight is 203 g/mol. The number of hydrogen-bond donors (Lipinski definition) is 4. The molecule has 0 fully saturated rings. The highest BCUT2D eigenvalue weighted by Crippen LogP contribution is 2.27. The van der Waals surface area contributed by atoms with Crippen LogP contribution in [0.25, 0.3) is 0 Å². The molecule has 1 heterocycles. The zero-order valence-corrected chi connectivity index (χ0v) is 8.08. The lowest BCUT2D eigenvalue weighted by atomic mass is 10.1. The fourth-order valence-corrected chi connectivity index (χ4v) is 1.89. The number of aliphatic hydroxyl groups is 3. The third-order valence-corrected chi connectivity index (χ3v) is 2.97. The minimum absolute atomic E-state index is 0.353. The Hall–Kier alpha value is -0.460. The zero-order valence-electron chi connectivity index (χ0n) is 7.27. The van der Waals surface area contributed by atoms with Crippen LogP contribution in [-0.4, -0.2) is 28.0 Å². The van der Waals surface area contributed by atoms with Crippen molar-refractivity contribution < 1.29 is 15.3 Å². The second-order valence-corrected chi connectivity index (χ2v) is 3.91. The number of rotatable bonds is 3. The number of nitrogens with two attached hydrogens (primary N) is 1. The van der Waals surface area contributed by atoms with Crippen LogP contribution in [0.5, 0.6) is 0 Å². The lowest BCUT2D eigenvalue weighted by Gasteiger charge is -2.25. The van der Waals surface area contributed by atoms with Crippen molar-refractivity contribution in [2.24, 2.45) is 5.73 Å². The maximum absolute atomic E-state index is 9.55. The Morgan fingerprint density at radius 2 is 2.23 bits per heavy atom. The molecular weight excluding hydrogens is 190 g/mol. The molecule has 1 aromatic rings. The predicted molar refractivity (Wildman–Crippen MR) is 50.2 cm³/mol. The van der Waals surface area contributed by atoms with Crippen molar-refractivity contribution in [3.63, 3.8) is 0 Å². The number of aliphatic hydroxyl groups excluding tert-OH is 1. The molecule has 0 bridgehead atoms. The van der Waals surface area contributed by atoms with E-state index < -0.39 is 18.4 Å². The molecule has 1 aromatic heterocycles. The van der Waals surface area contributed by atoms with Gasteiger partial charge in [0.25, 0.3) is 0 Å². The van der Waals surface area contributed by atoms with Crippen molar-refractivity contribution in [1.29, 1.82) is 0 Å². The fraction of sp³-hybridized carbons (Fsp3) is 0.500. The monoisotopic (exact) mass is 203 g/mol. The molecule has 0 aliphatic carbocycles. The van der Waals surface area contributed by atoms with E-state index in [1.165, 1.54) is 11.3 Å². The van der Waals surface area contributed by atoms with Crippen molar-refractivity contribution in [2.45, 2.75) is 18.8 Å². The van der Waals surface area contributed by atoms with Gasteiger partial charge in [-0.15, -0.1) is 11.3 Å². The van der Waals surface area contributed by atoms with Crippen molar-refractivity contribution in [3.05, 3.63) is 21.9 Å². The van der Waals surface area contributed by atoms with Gasteiger partial charge in [0, 0.05) is 0 Å². The minimum atomic E-state index is -2.13. The summed E-state index contributed by atoms with van der Waals surface area (Å²) in [5, 5.41) is 29.6. The first kappa shape index (κ1) is 10.6. The molecule has 0 saturated heterocycles. The SMILES string of the molecule is Cc1csc(C(O)(O)[C@@H](N)CO)c1. The van der Waals surface area contributed by atoms with Crippen LogP contribution in [0.4, 0.5) is 0 Å². The summed E-state index contributed by atoms with van der Waals surface area (Å²) in [6.07, 6.45) is 0. The van der Waals surface area contributed by atoms with Crippen molar-refractivity contribution in [1.82, 2.24) is 0 Å². The van der Waals surface area contributed by atoms with Crippen LogP contribution >= 0.6 is 11.3 Å². The first-order valence-corrected chi connectivity index (χ1v) is 4.73. The van der Waals surface area contributed by atoms with Crippen LogP contribution in [0.2, 0.25) is 0 Å². The average Bonchev–Trinajstić information content (AvgIpc) is 2.50. The van der Waals surface area contributed by atoms with Gasteiger partial charge < -0.3 is 21.1 Å². The molecule has 1 atom stereocenters. The molecular formula is C8H13NO3S. The zero-order chi connectivity index (χ0) is 10.1. The molecule has 0 saturated carbocycles. The van der Waals surface area contributed by atoms with Crippen molar-refractivity contribution in [3.8, 4) is 0 Å². The molecule has 0 unspecified atom stereocenters. The fourth-order valence-electron chi connectivity index (χ4n) is 0.934. The highest BCUT2D eigenvalue weighted by molar-refractivity contribution is 7.10. The van der Waals surface area contributed by atoms with Crippen LogP contribution in [0.1, 0.15) is 10.4 Å². The second-order valence-electron chi connectivity index (χ2n) is 3.00. The van der Waals surface area contributed by atoms with Gasteiger partial charge in [0.1, 0.15) is 0 Å². The van der Waals surface area contributed by atoms with Crippen LogP contribution in [0.15, 0.2) is 11.4 Å². The summed E-state index contributed by atoms with van der Waals surface area (Å²) in [5.41, 5.74) is 6.29. The lowest BCUT2D eigenvalue weighted by Crippen LogP contribution is -2.47. The maximum atomic E-state index is 9.55. The third kappa shape index (κ3) is 2.07. The highest BCUT2D eigenvalue weighted by atomic mass is 32.1. The van der Waals surface area contributed by atoms with Gasteiger partial charge in [0.05, 0.1) is 17.5 Å². The minimum Gasteiger partial charge on any atom is -0.395 e. The standard InChI is InChI=1S/C8H13NO3S/c1-5-2-7(13-4-5)8(11,12)6(9)3-10/h2,4,6,10-12H,3,9H2,1H3/t6-/m0/s1. The van der Waals surface area contributed by atoms with E-state index in [4.69, 9.17) is 10.8 Å². The third-order valence-electron chi connectivity index (χ3n) is 1.81. The van der Waals surface area contributed by atoms with E-state index in [9.17, 15) is 10.2 Å². The molecule has 0 radical (unpaired) electrons. The van der Waals surface area contributed by atoms with Crippen molar-refractivity contribution >= 4 is 11.3 Å². The van der Waals surface area contributed by atoms with E-state index in [0.29, 0.717) is 4.88 Å². The highest BCUT2D eigenvalue weighted by Gasteiger charge is 2.34. The van der Waals surface area contributed by atoms with E-state index in [-0.39, 0.29) is 0 Å². The molecule has 1 rings (SSSR count). The summed E-state index contributed by atoms with van der Waals surface area (Å²) in [4.78, 5) is 0.353. The first-order chi connectivity index (χ1) is 5.98. The summed E-state index contributed by atoms with van der Waals surface area (Å²) in [6.45, 7) is 1.38. The van der Waals surface area contributed by atoms with E-state index in [2.05, 4.69) is 0 Å². The van der Waals surface area contributed by atoms with E-state index in [1.54, 1.807) is 11.4 Å². The molecule has 5 heteroatoms. The largest absolute Gasteiger partial charge is 0.395 e. The van der Waals surface area contributed by atoms with Gasteiger partial charge in [-0.05, 0) is 23.9 Å². The van der Waals surface area contributed by atoms with Crippen LogP contribution < -0.4 is 5.73 Å². The molecule has 5 N–H and O–H groups in total. The normalized spacial score (nSPS) is 14.5. The first-order valence-electron chi connectivity index (χ1n) is 3.85. The Bertz CT molecular complexity index is 285. The quantitative estimate of drug-likeness (QED) is 0.499. The molecule has 0 aliphatic rings. The van der Waals surface area contributed by atoms with E-state index >= 15 is 0 Å². The Kier molecular flexibility index (Phi) is 3.05. The molecule has 13 heavy (non-hydrogen) atoms. The Labute approximate surface area is 80.3 Å². The van der Waals surface area contributed by atoms with Gasteiger partial charge in [-0.25, -0.2) is 0 Å². The van der Waals surface area contributed by atoms with Gasteiger partial charge in [-0.2, -0.15) is 0 Å². The predicted octanol–water partition coefficient (Wildman–Crippen LogP) is -0.486. The summed E-state index contributed by atoms with van der Waals surface area (Å²) < 4.78 is 0. The van der Waals surface area contributed by atoms with Gasteiger partial charge in [0.15, 0.2) is 0 Å². The van der Waals surface area contributed by atoms with Gasteiger partial charge in [0.2, 0.25) is 5.79 Å². The topological polar surface area (TPSA) is 86.7 Å². The van der Waals surface area contributed by atoms with E-state index in [1.807, 2.05) is 6.92 Å². The molecule has 74 valence electrons. The van der Waals surface area contributed by atoms with Crippen molar-refractivity contribution in [2.75, 3.05) is 6.61 Å².